The summed E-state index contributed by atoms with van der Waals surface area (Å²) >= 11 is 0. The number of rotatable bonds is 1. The SMILES string of the molecule is COc1ccc2c(c1)N(C(=O)C(F)(F)F)CC2=O. The predicted molar refractivity (Wildman–Crippen MR) is 55.7 cm³/mol. The summed E-state index contributed by atoms with van der Waals surface area (Å²) in [6, 6.07) is 4.04. The second kappa shape index (κ2) is 4.01. The number of anilines is 1. The third kappa shape index (κ3) is 1.92. The van der Waals surface area contributed by atoms with E-state index in [9.17, 15) is 22.8 Å². The van der Waals surface area contributed by atoms with Crippen molar-refractivity contribution in [3.63, 3.8) is 0 Å². The normalized spacial score (nSPS) is 14.7. The fourth-order valence-corrected chi connectivity index (χ4v) is 1.75. The Labute approximate surface area is 99.9 Å². The number of methoxy groups -OCH3 is 1. The summed E-state index contributed by atoms with van der Waals surface area (Å²) in [5.74, 6) is -2.29. The number of hydrogen-bond acceptors (Lipinski definition) is 3. The van der Waals surface area contributed by atoms with Crippen LogP contribution in [0.1, 0.15) is 10.4 Å². The van der Waals surface area contributed by atoms with Gasteiger partial charge in [0.1, 0.15) is 5.75 Å². The zero-order valence-electron chi connectivity index (χ0n) is 9.25. The molecule has 1 aromatic rings. The number of Topliss-reactive ketones (excluding diaryl/α,β-unsaturated/α-hetero) is 1. The van der Waals surface area contributed by atoms with Crippen LogP contribution < -0.4 is 9.64 Å². The van der Waals surface area contributed by atoms with Gasteiger partial charge in [-0.15, -0.1) is 0 Å². The number of hydrogen-bond donors (Lipinski definition) is 0. The van der Waals surface area contributed by atoms with Gasteiger partial charge in [-0.05, 0) is 12.1 Å². The largest absolute Gasteiger partial charge is 0.497 e. The average Bonchev–Trinajstić information content (AvgIpc) is 2.64. The molecular weight excluding hydrogens is 251 g/mol. The van der Waals surface area contributed by atoms with Crippen LogP contribution in [0.25, 0.3) is 0 Å². The van der Waals surface area contributed by atoms with E-state index in [2.05, 4.69) is 0 Å². The Morgan fingerprint density at radius 3 is 2.61 bits per heavy atom. The van der Waals surface area contributed by atoms with Crippen LogP contribution >= 0.6 is 0 Å². The van der Waals surface area contributed by atoms with Crippen LogP contribution in [0, 0.1) is 0 Å². The van der Waals surface area contributed by atoms with Gasteiger partial charge in [0.15, 0.2) is 5.78 Å². The van der Waals surface area contributed by atoms with Crippen LogP contribution in [-0.4, -0.2) is 31.5 Å². The molecule has 0 N–H and O–H groups in total. The van der Waals surface area contributed by atoms with Crippen LogP contribution in [0.5, 0.6) is 5.75 Å². The molecule has 4 nitrogen and oxygen atoms in total. The van der Waals surface area contributed by atoms with E-state index in [1.807, 2.05) is 0 Å². The lowest BCUT2D eigenvalue weighted by molar-refractivity contribution is -0.170. The molecule has 96 valence electrons. The highest BCUT2D eigenvalue weighted by Gasteiger charge is 2.46. The van der Waals surface area contributed by atoms with Gasteiger partial charge in [0.25, 0.3) is 0 Å². The van der Waals surface area contributed by atoms with Crippen molar-refractivity contribution in [3.8, 4) is 5.75 Å². The summed E-state index contributed by atoms with van der Waals surface area (Å²) < 4.78 is 42.0. The van der Waals surface area contributed by atoms with Crippen molar-refractivity contribution in [1.82, 2.24) is 0 Å². The minimum atomic E-state index is -5.01. The Balaban J connectivity index is 2.46. The maximum Gasteiger partial charge on any atom is 0.471 e. The van der Waals surface area contributed by atoms with Crippen molar-refractivity contribution >= 4 is 17.4 Å². The minimum absolute atomic E-state index is 0.0679. The second-order valence-corrected chi connectivity index (χ2v) is 3.70. The van der Waals surface area contributed by atoms with Crippen LogP contribution in [0.3, 0.4) is 0 Å². The summed E-state index contributed by atoms with van der Waals surface area (Å²) in [5.41, 5.74) is 0.0232. The third-order valence-corrected chi connectivity index (χ3v) is 2.59. The van der Waals surface area contributed by atoms with Gasteiger partial charge in [0, 0.05) is 11.6 Å². The quantitative estimate of drug-likeness (QED) is 0.772. The van der Waals surface area contributed by atoms with Crippen LogP contribution in [-0.2, 0) is 4.79 Å². The summed E-state index contributed by atoms with van der Waals surface area (Å²) in [6.45, 7) is -0.596. The summed E-state index contributed by atoms with van der Waals surface area (Å²) in [6.07, 6.45) is -5.01. The monoisotopic (exact) mass is 259 g/mol. The Morgan fingerprint density at radius 1 is 1.39 bits per heavy atom. The molecule has 0 aliphatic carbocycles. The zero-order chi connectivity index (χ0) is 13.5. The summed E-state index contributed by atoms with van der Waals surface area (Å²) in [7, 11) is 1.34. The number of amides is 1. The molecule has 0 fully saturated rings. The number of ketones is 1. The molecule has 2 rings (SSSR count). The molecule has 1 aromatic carbocycles. The van der Waals surface area contributed by atoms with Crippen molar-refractivity contribution in [2.45, 2.75) is 6.18 Å². The van der Waals surface area contributed by atoms with Crippen molar-refractivity contribution in [2.75, 3.05) is 18.6 Å². The molecule has 0 saturated heterocycles. The Morgan fingerprint density at radius 2 is 2.06 bits per heavy atom. The maximum atomic E-state index is 12.4. The second-order valence-electron chi connectivity index (χ2n) is 3.70. The van der Waals surface area contributed by atoms with E-state index in [0.29, 0.717) is 4.90 Å². The number of halogens is 3. The van der Waals surface area contributed by atoms with E-state index in [4.69, 9.17) is 4.74 Å². The van der Waals surface area contributed by atoms with Gasteiger partial charge in [0.05, 0.1) is 19.3 Å². The van der Waals surface area contributed by atoms with Gasteiger partial charge >= 0.3 is 12.1 Å². The van der Waals surface area contributed by atoms with E-state index in [1.165, 1.54) is 25.3 Å². The van der Waals surface area contributed by atoms with Gasteiger partial charge in [-0.25, -0.2) is 0 Å². The van der Waals surface area contributed by atoms with Crippen molar-refractivity contribution in [3.05, 3.63) is 23.8 Å². The number of fused-ring (bicyclic) bond motifs is 1. The number of carbonyl (C=O) groups excluding carboxylic acids is 2. The molecule has 1 aliphatic rings. The molecule has 1 heterocycles. The molecule has 0 spiro atoms. The molecule has 1 amide bonds. The number of carbonyl (C=O) groups is 2. The fourth-order valence-electron chi connectivity index (χ4n) is 1.75. The molecule has 0 atom stereocenters. The molecular formula is C11H8F3NO3. The van der Waals surface area contributed by atoms with Crippen molar-refractivity contribution < 1.29 is 27.5 Å². The van der Waals surface area contributed by atoms with E-state index in [0.717, 1.165) is 0 Å². The van der Waals surface area contributed by atoms with Crippen molar-refractivity contribution in [2.24, 2.45) is 0 Å². The molecule has 7 heteroatoms. The highest BCUT2D eigenvalue weighted by atomic mass is 19.4. The number of benzene rings is 1. The lowest BCUT2D eigenvalue weighted by Gasteiger charge is -2.18. The van der Waals surface area contributed by atoms with Gasteiger partial charge in [-0.3, -0.25) is 14.5 Å². The Hall–Kier alpha value is -2.05. The van der Waals surface area contributed by atoms with Crippen LogP contribution in [0.2, 0.25) is 0 Å². The molecule has 0 unspecified atom stereocenters. The third-order valence-electron chi connectivity index (χ3n) is 2.59. The van der Waals surface area contributed by atoms with Crippen LogP contribution in [0.4, 0.5) is 18.9 Å². The zero-order valence-corrected chi connectivity index (χ0v) is 9.25. The smallest absolute Gasteiger partial charge is 0.471 e. The first-order chi connectivity index (χ1) is 8.34. The number of ether oxygens (including phenoxy) is 1. The lowest BCUT2D eigenvalue weighted by atomic mass is 10.1. The van der Waals surface area contributed by atoms with Gasteiger partial charge in [0.2, 0.25) is 0 Å². The molecule has 0 bridgehead atoms. The molecule has 0 saturated carbocycles. The lowest BCUT2D eigenvalue weighted by Crippen LogP contribution is -2.40. The summed E-state index contributed by atoms with van der Waals surface area (Å²) in [5, 5.41) is 0. The molecule has 0 radical (unpaired) electrons. The van der Waals surface area contributed by atoms with E-state index < -0.39 is 24.4 Å². The highest BCUT2D eigenvalue weighted by molar-refractivity contribution is 6.16. The molecule has 18 heavy (non-hydrogen) atoms. The standard InChI is InChI=1S/C11H8F3NO3/c1-18-6-2-3-7-8(4-6)15(5-9(7)16)10(17)11(12,13)14/h2-4H,5H2,1H3. The summed E-state index contributed by atoms with van der Waals surface area (Å²) in [4.78, 5) is 23.1. The van der Waals surface area contributed by atoms with Crippen LogP contribution in [0.15, 0.2) is 18.2 Å². The minimum Gasteiger partial charge on any atom is -0.497 e. The number of nitrogens with zero attached hydrogens (tertiary/aromatic N) is 1. The molecule has 1 aliphatic heterocycles. The topological polar surface area (TPSA) is 46.6 Å². The first-order valence-electron chi connectivity index (χ1n) is 4.94. The molecule has 0 aromatic heterocycles. The van der Waals surface area contributed by atoms with E-state index in [1.54, 1.807) is 0 Å². The maximum absolute atomic E-state index is 12.4. The van der Waals surface area contributed by atoms with E-state index >= 15 is 0 Å². The first-order valence-corrected chi connectivity index (χ1v) is 4.94. The predicted octanol–water partition coefficient (Wildman–Crippen LogP) is 1.79. The van der Waals surface area contributed by atoms with E-state index in [-0.39, 0.29) is 17.0 Å². The van der Waals surface area contributed by atoms with Crippen molar-refractivity contribution in [1.29, 1.82) is 0 Å². The Kier molecular flexibility index (Phi) is 2.76. The average molecular weight is 259 g/mol. The first kappa shape index (κ1) is 12.4. The fraction of sp³-hybridized carbons (Fsp3) is 0.273. The Bertz CT molecular complexity index is 525. The van der Waals surface area contributed by atoms with Gasteiger partial charge in [-0.2, -0.15) is 13.2 Å². The van der Waals surface area contributed by atoms with Gasteiger partial charge in [-0.1, -0.05) is 0 Å². The van der Waals surface area contributed by atoms with Gasteiger partial charge < -0.3 is 4.74 Å². The highest BCUT2D eigenvalue weighted by Crippen LogP contribution is 2.34. The number of alkyl halides is 3.